The highest BCUT2D eigenvalue weighted by Gasteiger charge is 2.27. The molecule has 4 rings (SSSR count). The Bertz CT molecular complexity index is 879. The molecule has 2 fully saturated rings. The normalized spacial score (nSPS) is 22.1. The molecule has 2 aliphatic heterocycles. The van der Waals surface area contributed by atoms with Crippen molar-refractivity contribution in [1.82, 2.24) is 24.9 Å². The molecule has 6 nitrogen and oxygen atoms in total. The predicted molar refractivity (Wildman–Crippen MR) is 143 cm³/mol. The van der Waals surface area contributed by atoms with Gasteiger partial charge in [-0.05, 0) is 56.3 Å². The van der Waals surface area contributed by atoms with Crippen molar-refractivity contribution in [2.24, 2.45) is 12.0 Å². The molecule has 1 N–H and O–H groups in total. The van der Waals surface area contributed by atoms with Crippen LogP contribution in [-0.4, -0.2) is 57.8 Å². The van der Waals surface area contributed by atoms with Gasteiger partial charge in [0.2, 0.25) is 0 Å². The first kappa shape index (κ1) is 25.0. The molecule has 3 heterocycles. The highest BCUT2D eigenvalue weighted by molar-refractivity contribution is 14.0. The topological polar surface area (TPSA) is 48.7 Å². The molecule has 2 aliphatic rings. The Labute approximate surface area is 210 Å². The van der Waals surface area contributed by atoms with E-state index in [-0.39, 0.29) is 24.0 Å². The maximum Gasteiger partial charge on any atom is 0.194 e. The number of nitrogens with zero attached hydrogens (tertiary/aromatic N) is 5. The molecule has 0 bridgehead atoms. The fourth-order valence-electron chi connectivity index (χ4n) is 4.94. The third kappa shape index (κ3) is 6.25. The van der Waals surface area contributed by atoms with Crippen LogP contribution in [-0.2, 0) is 20.1 Å². The minimum Gasteiger partial charge on any atom is -0.357 e. The Morgan fingerprint density at radius 1 is 1.16 bits per heavy atom. The van der Waals surface area contributed by atoms with E-state index in [0.29, 0.717) is 12.0 Å². The molecule has 2 unspecified atom stereocenters. The summed E-state index contributed by atoms with van der Waals surface area (Å²) >= 11 is 0. The number of aliphatic imine (C=N–C) groups is 1. The number of nitrogens with one attached hydrogen (secondary N) is 1. The Morgan fingerprint density at radius 3 is 2.69 bits per heavy atom. The molecule has 32 heavy (non-hydrogen) atoms. The zero-order valence-corrected chi connectivity index (χ0v) is 22.2. The molecule has 0 amide bonds. The lowest BCUT2D eigenvalue weighted by atomic mass is 10.0. The van der Waals surface area contributed by atoms with Gasteiger partial charge in [0.15, 0.2) is 5.96 Å². The zero-order chi connectivity index (χ0) is 21.6. The van der Waals surface area contributed by atoms with Crippen LogP contribution in [0.3, 0.4) is 0 Å². The molecular formula is C25H39IN6. The van der Waals surface area contributed by atoms with Crippen molar-refractivity contribution in [3.63, 3.8) is 0 Å². The van der Waals surface area contributed by atoms with E-state index in [1.807, 2.05) is 17.9 Å². The van der Waals surface area contributed by atoms with Gasteiger partial charge in [-0.25, -0.2) is 4.99 Å². The molecule has 176 valence electrons. The number of hydrogen-bond donors (Lipinski definition) is 1. The minimum absolute atomic E-state index is 0. The van der Waals surface area contributed by atoms with Crippen LogP contribution in [0.15, 0.2) is 41.7 Å². The quantitative estimate of drug-likeness (QED) is 0.330. The van der Waals surface area contributed by atoms with Crippen LogP contribution < -0.4 is 5.32 Å². The van der Waals surface area contributed by atoms with Gasteiger partial charge in [0.25, 0.3) is 0 Å². The Hall–Kier alpha value is -1.61. The average molecular weight is 551 g/mol. The largest absolute Gasteiger partial charge is 0.357 e. The third-order valence-corrected chi connectivity index (χ3v) is 6.85. The molecular weight excluding hydrogens is 511 g/mol. The summed E-state index contributed by atoms with van der Waals surface area (Å²) in [5.74, 6) is 1.57. The minimum atomic E-state index is 0. The Morgan fingerprint density at radius 2 is 1.97 bits per heavy atom. The van der Waals surface area contributed by atoms with Gasteiger partial charge in [-0.2, -0.15) is 5.10 Å². The molecule has 1 aromatic heterocycles. The van der Waals surface area contributed by atoms with Crippen molar-refractivity contribution in [1.29, 1.82) is 0 Å². The third-order valence-electron chi connectivity index (χ3n) is 6.85. The lowest BCUT2D eigenvalue weighted by Gasteiger charge is -2.33. The number of guanidine groups is 1. The Kier molecular flexibility index (Phi) is 9.40. The van der Waals surface area contributed by atoms with E-state index in [4.69, 9.17) is 4.99 Å². The maximum atomic E-state index is 5.06. The molecule has 0 aliphatic carbocycles. The molecule has 2 atom stereocenters. The van der Waals surface area contributed by atoms with Crippen LogP contribution in [0, 0.1) is 0 Å². The van der Waals surface area contributed by atoms with E-state index in [1.54, 1.807) is 0 Å². The molecule has 0 radical (unpaired) electrons. The lowest BCUT2D eigenvalue weighted by Crippen LogP contribution is -2.40. The lowest BCUT2D eigenvalue weighted by molar-refractivity contribution is 0.152. The first-order valence-corrected chi connectivity index (χ1v) is 12.0. The van der Waals surface area contributed by atoms with Crippen molar-refractivity contribution in [2.75, 3.05) is 26.2 Å². The molecule has 2 saturated heterocycles. The van der Waals surface area contributed by atoms with E-state index in [0.717, 1.165) is 45.1 Å². The molecule has 2 aromatic rings. The average Bonchev–Trinajstić information content (AvgIpc) is 3.43. The van der Waals surface area contributed by atoms with Crippen LogP contribution in [0.25, 0.3) is 0 Å². The van der Waals surface area contributed by atoms with E-state index >= 15 is 0 Å². The van der Waals surface area contributed by atoms with Crippen LogP contribution in [0.1, 0.15) is 62.1 Å². The van der Waals surface area contributed by atoms with Crippen LogP contribution in [0.5, 0.6) is 0 Å². The SMILES string of the molecule is CCNC(=NCc1ccccc1CN1CCCCC1C)N1CCC(c2cnn(C)c2)C1.I. The standard InChI is InChI=1S/C25H38N6.HI/c1-4-26-25(31-14-12-23(19-31)24-16-28-29(3)17-24)27-15-21-10-5-6-11-22(21)18-30-13-8-7-9-20(30)2;/h5-6,10-11,16-17,20,23H,4,7-9,12-15,18-19H2,1-3H3,(H,26,27);1H. The molecule has 1 aromatic carbocycles. The van der Waals surface area contributed by atoms with Crippen molar-refractivity contribution in [2.45, 2.75) is 64.6 Å². The Balaban J connectivity index is 0.00000289. The van der Waals surface area contributed by atoms with E-state index in [9.17, 15) is 0 Å². The van der Waals surface area contributed by atoms with Crippen molar-refractivity contribution in [3.05, 3.63) is 53.3 Å². The number of halogens is 1. The fraction of sp³-hybridized carbons (Fsp3) is 0.600. The second-order valence-corrected chi connectivity index (χ2v) is 9.13. The van der Waals surface area contributed by atoms with Crippen molar-refractivity contribution in [3.8, 4) is 0 Å². The molecule has 0 saturated carbocycles. The van der Waals surface area contributed by atoms with Gasteiger partial charge >= 0.3 is 0 Å². The second-order valence-electron chi connectivity index (χ2n) is 9.13. The second kappa shape index (κ2) is 12.0. The molecule has 0 spiro atoms. The number of likely N-dealkylation sites (tertiary alicyclic amines) is 2. The van der Waals surface area contributed by atoms with Crippen LogP contribution >= 0.6 is 24.0 Å². The summed E-state index contributed by atoms with van der Waals surface area (Å²) in [5, 5.41) is 7.88. The highest BCUT2D eigenvalue weighted by Crippen LogP contribution is 2.27. The van der Waals surface area contributed by atoms with Gasteiger partial charge < -0.3 is 10.2 Å². The summed E-state index contributed by atoms with van der Waals surface area (Å²) in [6, 6.07) is 9.53. The maximum absolute atomic E-state index is 5.06. The summed E-state index contributed by atoms with van der Waals surface area (Å²) in [6.45, 7) is 10.4. The van der Waals surface area contributed by atoms with Crippen LogP contribution in [0.2, 0.25) is 0 Å². The van der Waals surface area contributed by atoms with E-state index in [2.05, 4.69) is 64.5 Å². The summed E-state index contributed by atoms with van der Waals surface area (Å²) in [5.41, 5.74) is 4.10. The number of hydrogen-bond acceptors (Lipinski definition) is 3. The first-order valence-electron chi connectivity index (χ1n) is 12.0. The summed E-state index contributed by atoms with van der Waals surface area (Å²) in [7, 11) is 1.99. The van der Waals surface area contributed by atoms with Gasteiger partial charge in [0.1, 0.15) is 0 Å². The smallest absolute Gasteiger partial charge is 0.194 e. The van der Waals surface area contributed by atoms with Gasteiger partial charge in [0.05, 0.1) is 12.7 Å². The number of aromatic nitrogens is 2. The van der Waals surface area contributed by atoms with Gasteiger partial charge in [-0.3, -0.25) is 9.58 Å². The van der Waals surface area contributed by atoms with Crippen molar-refractivity contribution < 1.29 is 0 Å². The number of benzene rings is 1. The molecule has 7 heteroatoms. The van der Waals surface area contributed by atoms with Gasteiger partial charge in [-0.15, -0.1) is 24.0 Å². The first-order chi connectivity index (χ1) is 15.1. The summed E-state index contributed by atoms with van der Waals surface area (Å²) < 4.78 is 1.90. The number of piperidine rings is 1. The van der Waals surface area contributed by atoms with E-state index < -0.39 is 0 Å². The summed E-state index contributed by atoms with van der Waals surface area (Å²) in [6.07, 6.45) is 9.32. The van der Waals surface area contributed by atoms with Gasteiger partial charge in [0, 0.05) is 51.4 Å². The fourth-order valence-corrected chi connectivity index (χ4v) is 4.94. The number of rotatable bonds is 6. The summed E-state index contributed by atoms with van der Waals surface area (Å²) in [4.78, 5) is 10.1. The van der Waals surface area contributed by atoms with Crippen LogP contribution in [0.4, 0.5) is 0 Å². The zero-order valence-electron chi connectivity index (χ0n) is 19.8. The number of aryl methyl sites for hydroxylation is 1. The van der Waals surface area contributed by atoms with Gasteiger partial charge in [-0.1, -0.05) is 30.7 Å². The van der Waals surface area contributed by atoms with Crippen molar-refractivity contribution >= 4 is 29.9 Å². The van der Waals surface area contributed by atoms with E-state index in [1.165, 1.54) is 42.5 Å². The monoisotopic (exact) mass is 550 g/mol. The predicted octanol–water partition coefficient (Wildman–Crippen LogP) is 4.37. The highest BCUT2D eigenvalue weighted by atomic mass is 127.